The minimum atomic E-state index is -0.0797. The fourth-order valence-electron chi connectivity index (χ4n) is 2.20. The molecule has 1 fully saturated rings. The molecule has 1 saturated carbocycles. The van der Waals surface area contributed by atoms with Crippen LogP contribution in [0.4, 0.5) is 0 Å². The Morgan fingerprint density at radius 1 is 1.25 bits per heavy atom. The van der Waals surface area contributed by atoms with Crippen LogP contribution in [0, 0.1) is 12.8 Å². The van der Waals surface area contributed by atoms with Gasteiger partial charge in [-0.3, -0.25) is 9.59 Å². The van der Waals surface area contributed by atoms with Gasteiger partial charge in [0.05, 0.1) is 0 Å². The lowest BCUT2D eigenvalue weighted by atomic mass is 9.83. The summed E-state index contributed by atoms with van der Waals surface area (Å²) in [5.41, 5.74) is 1.89. The van der Waals surface area contributed by atoms with E-state index in [1.54, 1.807) is 0 Å². The highest BCUT2D eigenvalue weighted by atomic mass is 16.1. The zero-order valence-electron chi connectivity index (χ0n) is 9.53. The molecule has 1 unspecified atom stereocenters. The quantitative estimate of drug-likeness (QED) is 0.712. The van der Waals surface area contributed by atoms with Gasteiger partial charge in [-0.1, -0.05) is 29.8 Å². The van der Waals surface area contributed by atoms with E-state index in [0.29, 0.717) is 12.8 Å². The third-order valence-electron chi connectivity index (χ3n) is 3.19. The number of carbonyl (C=O) groups excluding carboxylic acids is 2. The molecule has 2 rings (SSSR count). The molecule has 0 N–H and O–H groups in total. The van der Waals surface area contributed by atoms with Crippen molar-refractivity contribution < 1.29 is 9.59 Å². The Balaban J connectivity index is 2.12. The van der Waals surface area contributed by atoms with E-state index in [2.05, 4.69) is 0 Å². The average Bonchev–Trinajstić information content (AvgIpc) is 2.29. The second-order valence-corrected chi connectivity index (χ2v) is 4.56. The highest BCUT2D eigenvalue weighted by Crippen LogP contribution is 2.25. The van der Waals surface area contributed by atoms with Gasteiger partial charge >= 0.3 is 0 Å². The fraction of sp³-hybridized carbons (Fsp3) is 0.429. The van der Waals surface area contributed by atoms with Gasteiger partial charge in [0.2, 0.25) is 0 Å². The van der Waals surface area contributed by atoms with Gasteiger partial charge < -0.3 is 0 Å². The van der Waals surface area contributed by atoms with E-state index in [-0.39, 0.29) is 17.5 Å². The molecule has 2 nitrogen and oxygen atoms in total. The molecule has 0 saturated heterocycles. The Morgan fingerprint density at radius 3 is 2.56 bits per heavy atom. The monoisotopic (exact) mass is 216 g/mol. The maximum Gasteiger partial charge on any atom is 0.166 e. The van der Waals surface area contributed by atoms with E-state index in [1.165, 1.54) is 0 Å². The number of carbonyl (C=O) groups is 2. The van der Waals surface area contributed by atoms with Crippen LogP contribution in [0.2, 0.25) is 0 Å². The summed E-state index contributed by atoms with van der Waals surface area (Å²) in [6.07, 6.45) is 2.81. The molecule has 0 radical (unpaired) electrons. The van der Waals surface area contributed by atoms with Crippen molar-refractivity contribution in [3.05, 3.63) is 35.4 Å². The molecule has 0 amide bonds. The van der Waals surface area contributed by atoms with Crippen molar-refractivity contribution in [2.75, 3.05) is 0 Å². The largest absolute Gasteiger partial charge is 0.300 e. The minimum absolute atomic E-state index is 0.0797. The Labute approximate surface area is 95.7 Å². The number of benzene rings is 1. The number of ketones is 2. The SMILES string of the molecule is Cc1ccc(C(=O)C2CCCC(=O)C2)cc1. The van der Waals surface area contributed by atoms with Crippen LogP contribution in [0.15, 0.2) is 24.3 Å². The average molecular weight is 216 g/mol. The van der Waals surface area contributed by atoms with Crippen LogP contribution in [0.5, 0.6) is 0 Å². The van der Waals surface area contributed by atoms with Gasteiger partial charge in [-0.2, -0.15) is 0 Å². The molecule has 84 valence electrons. The molecular weight excluding hydrogens is 200 g/mol. The topological polar surface area (TPSA) is 34.1 Å². The Hall–Kier alpha value is -1.44. The van der Waals surface area contributed by atoms with Gasteiger partial charge in [0.15, 0.2) is 5.78 Å². The van der Waals surface area contributed by atoms with Crippen LogP contribution in [0.25, 0.3) is 0 Å². The van der Waals surface area contributed by atoms with E-state index >= 15 is 0 Å². The number of hydrogen-bond donors (Lipinski definition) is 0. The maximum absolute atomic E-state index is 12.1. The molecule has 0 bridgehead atoms. The number of rotatable bonds is 2. The van der Waals surface area contributed by atoms with Crippen LogP contribution in [0.1, 0.15) is 41.6 Å². The second kappa shape index (κ2) is 4.60. The fourth-order valence-corrected chi connectivity index (χ4v) is 2.20. The van der Waals surface area contributed by atoms with Gasteiger partial charge in [-0.05, 0) is 19.8 Å². The summed E-state index contributed by atoms with van der Waals surface area (Å²) in [5, 5.41) is 0. The Bertz CT molecular complexity index is 403. The number of aryl methyl sites for hydroxylation is 1. The molecule has 0 spiro atoms. The molecule has 0 heterocycles. The van der Waals surface area contributed by atoms with E-state index in [4.69, 9.17) is 0 Å². The Kier molecular flexibility index (Phi) is 3.18. The number of Topliss-reactive ketones (excluding diaryl/α,β-unsaturated/α-hetero) is 2. The summed E-state index contributed by atoms with van der Waals surface area (Å²) in [5.74, 6) is 0.286. The van der Waals surface area contributed by atoms with Gasteiger partial charge in [-0.25, -0.2) is 0 Å². The summed E-state index contributed by atoms with van der Waals surface area (Å²) in [6, 6.07) is 7.60. The lowest BCUT2D eigenvalue weighted by Gasteiger charge is -2.19. The molecule has 1 atom stereocenters. The van der Waals surface area contributed by atoms with E-state index in [0.717, 1.165) is 24.0 Å². The minimum Gasteiger partial charge on any atom is -0.300 e. The normalized spacial score (nSPS) is 20.8. The van der Waals surface area contributed by atoms with Crippen molar-refractivity contribution >= 4 is 11.6 Å². The summed E-state index contributed by atoms with van der Waals surface area (Å²) in [4.78, 5) is 23.4. The van der Waals surface area contributed by atoms with Crippen LogP contribution < -0.4 is 0 Å². The molecule has 2 heteroatoms. The van der Waals surface area contributed by atoms with Gasteiger partial charge in [0, 0.05) is 24.3 Å². The lowest BCUT2D eigenvalue weighted by molar-refractivity contribution is -0.121. The molecular formula is C14H16O2. The van der Waals surface area contributed by atoms with Crippen LogP contribution in [0.3, 0.4) is 0 Å². The van der Waals surface area contributed by atoms with Crippen molar-refractivity contribution in [2.45, 2.75) is 32.6 Å². The zero-order chi connectivity index (χ0) is 11.5. The first kappa shape index (κ1) is 11.1. The molecule has 1 aliphatic rings. The molecule has 0 aliphatic heterocycles. The highest BCUT2D eigenvalue weighted by molar-refractivity contribution is 6.00. The molecule has 0 aromatic heterocycles. The standard InChI is InChI=1S/C14H16O2/c1-10-5-7-11(8-6-10)14(16)12-3-2-4-13(15)9-12/h5-8,12H,2-4,9H2,1H3. The number of hydrogen-bond acceptors (Lipinski definition) is 2. The van der Waals surface area contributed by atoms with E-state index in [1.807, 2.05) is 31.2 Å². The smallest absolute Gasteiger partial charge is 0.166 e. The van der Waals surface area contributed by atoms with Crippen molar-refractivity contribution in [3.63, 3.8) is 0 Å². The maximum atomic E-state index is 12.1. The summed E-state index contributed by atoms with van der Waals surface area (Å²) in [7, 11) is 0. The molecule has 1 aliphatic carbocycles. The van der Waals surface area contributed by atoms with Crippen molar-refractivity contribution in [1.29, 1.82) is 0 Å². The third kappa shape index (κ3) is 2.38. The van der Waals surface area contributed by atoms with Crippen molar-refractivity contribution in [3.8, 4) is 0 Å². The van der Waals surface area contributed by atoms with Crippen molar-refractivity contribution in [2.24, 2.45) is 5.92 Å². The molecule has 1 aromatic carbocycles. The first-order valence-electron chi connectivity index (χ1n) is 5.79. The molecule has 1 aromatic rings. The predicted molar refractivity (Wildman–Crippen MR) is 62.5 cm³/mol. The van der Waals surface area contributed by atoms with E-state index < -0.39 is 0 Å². The second-order valence-electron chi connectivity index (χ2n) is 4.56. The van der Waals surface area contributed by atoms with Gasteiger partial charge in [0.25, 0.3) is 0 Å². The first-order valence-corrected chi connectivity index (χ1v) is 5.79. The van der Waals surface area contributed by atoms with Crippen LogP contribution in [-0.4, -0.2) is 11.6 Å². The summed E-state index contributed by atoms with van der Waals surface area (Å²) < 4.78 is 0. The summed E-state index contributed by atoms with van der Waals surface area (Å²) in [6.45, 7) is 2.00. The van der Waals surface area contributed by atoms with Crippen molar-refractivity contribution in [1.82, 2.24) is 0 Å². The lowest BCUT2D eigenvalue weighted by Crippen LogP contribution is -2.22. The van der Waals surface area contributed by atoms with Crippen LogP contribution in [-0.2, 0) is 4.79 Å². The highest BCUT2D eigenvalue weighted by Gasteiger charge is 2.26. The van der Waals surface area contributed by atoms with Crippen LogP contribution >= 0.6 is 0 Å². The third-order valence-corrected chi connectivity index (χ3v) is 3.19. The predicted octanol–water partition coefficient (Wildman–Crippen LogP) is 2.94. The Morgan fingerprint density at radius 2 is 1.94 bits per heavy atom. The van der Waals surface area contributed by atoms with E-state index in [9.17, 15) is 9.59 Å². The van der Waals surface area contributed by atoms with Gasteiger partial charge in [-0.15, -0.1) is 0 Å². The van der Waals surface area contributed by atoms with Gasteiger partial charge in [0.1, 0.15) is 5.78 Å². The molecule has 16 heavy (non-hydrogen) atoms. The summed E-state index contributed by atoms with van der Waals surface area (Å²) >= 11 is 0. The zero-order valence-corrected chi connectivity index (χ0v) is 9.53. The first-order chi connectivity index (χ1) is 7.66.